The molecule has 0 atom stereocenters. The Labute approximate surface area is 203 Å². The molecule has 10 nitrogen and oxygen atoms in total. The number of nitrogens with zero attached hydrogens (tertiary/aromatic N) is 1. The van der Waals surface area contributed by atoms with Gasteiger partial charge in [-0.3, -0.25) is 19.7 Å². The van der Waals surface area contributed by atoms with Crippen LogP contribution in [0.3, 0.4) is 0 Å². The van der Waals surface area contributed by atoms with Crippen molar-refractivity contribution in [2.24, 2.45) is 0 Å². The Morgan fingerprint density at radius 2 is 1.69 bits per heavy atom. The zero-order valence-electron chi connectivity index (χ0n) is 18.0. The van der Waals surface area contributed by atoms with Gasteiger partial charge in [-0.1, -0.05) is 29.8 Å². The second kappa shape index (κ2) is 10.2. The van der Waals surface area contributed by atoms with Gasteiger partial charge in [0.25, 0.3) is 11.6 Å². The van der Waals surface area contributed by atoms with Crippen LogP contribution in [-0.2, 0) is 9.53 Å². The zero-order chi connectivity index (χ0) is 24.9. The normalized spacial score (nSPS) is 11.9. The Balaban J connectivity index is 1.47. The van der Waals surface area contributed by atoms with Crippen molar-refractivity contribution in [1.82, 2.24) is 0 Å². The molecule has 0 aliphatic carbocycles. The number of hydrogen-bond donors (Lipinski definition) is 1. The maximum absolute atomic E-state index is 13.1. The fraction of sp³-hybridized carbons (Fsp3) is 0.125. The van der Waals surface area contributed by atoms with E-state index >= 15 is 0 Å². The topological polar surface area (TPSA) is 134 Å². The maximum Gasteiger partial charge on any atom is 0.339 e. The number of nitrogens with one attached hydrogen (secondary N) is 1. The van der Waals surface area contributed by atoms with E-state index < -0.39 is 29.2 Å². The zero-order valence-corrected chi connectivity index (χ0v) is 18.7. The highest BCUT2D eigenvalue weighted by molar-refractivity contribution is 6.31. The Hall–Kier alpha value is -4.44. The summed E-state index contributed by atoms with van der Waals surface area (Å²) in [6, 6.07) is 14.4. The predicted molar refractivity (Wildman–Crippen MR) is 124 cm³/mol. The second-order valence-electron chi connectivity index (χ2n) is 7.28. The van der Waals surface area contributed by atoms with Crippen LogP contribution < -0.4 is 14.8 Å². The summed E-state index contributed by atoms with van der Waals surface area (Å²) in [6.07, 6.45) is 0. The summed E-state index contributed by atoms with van der Waals surface area (Å²) >= 11 is 5.84. The molecule has 11 heteroatoms. The van der Waals surface area contributed by atoms with Crippen molar-refractivity contribution in [3.8, 4) is 11.5 Å². The molecule has 3 aromatic carbocycles. The lowest BCUT2D eigenvalue weighted by molar-refractivity contribution is -0.383. The maximum atomic E-state index is 13.1. The minimum absolute atomic E-state index is 0.0473. The lowest BCUT2D eigenvalue weighted by atomic mass is 9.98. The molecule has 3 aromatic rings. The van der Waals surface area contributed by atoms with E-state index in [1.165, 1.54) is 30.3 Å². The van der Waals surface area contributed by atoms with Crippen molar-refractivity contribution in [3.63, 3.8) is 0 Å². The van der Waals surface area contributed by atoms with Crippen LogP contribution in [0.1, 0.15) is 26.3 Å². The molecule has 1 amide bonds. The fourth-order valence-corrected chi connectivity index (χ4v) is 3.53. The number of rotatable bonds is 7. The quantitative estimate of drug-likeness (QED) is 0.224. The van der Waals surface area contributed by atoms with Crippen molar-refractivity contribution in [2.75, 3.05) is 25.1 Å². The average Bonchev–Trinajstić information content (AvgIpc) is 2.86. The van der Waals surface area contributed by atoms with E-state index in [4.69, 9.17) is 25.8 Å². The molecule has 35 heavy (non-hydrogen) atoms. The number of carbonyl (C=O) groups is 3. The first kappa shape index (κ1) is 23.7. The Kier molecular flexibility index (Phi) is 6.93. The number of benzene rings is 3. The Morgan fingerprint density at radius 1 is 0.971 bits per heavy atom. The highest BCUT2D eigenvalue weighted by atomic mass is 35.5. The molecular formula is C24H17ClN2O8. The highest BCUT2D eigenvalue weighted by Gasteiger charge is 2.23. The smallest absolute Gasteiger partial charge is 0.339 e. The van der Waals surface area contributed by atoms with Gasteiger partial charge >= 0.3 is 5.97 Å². The molecule has 0 spiro atoms. The van der Waals surface area contributed by atoms with Crippen LogP contribution in [0.2, 0.25) is 5.02 Å². The van der Waals surface area contributed by atoms with Crippen LogP contribution in [0, 0.1) is 10.1 Å². The van der Waals surface area contributed by atoms with E-state index in [-0.39, 0.29) is 33.1 Å². The third kappa shape index (κ3) is 5.39. The number of carbonyl (C=O) groups excluding carboxylic acids is 3. The van der Waals surface area contributed by atoms with Crippen LogP contribution in [0.15, 0.2) is 60.7 Å². The fourth-order valence-electron chi connectivity index (χ4n) is 3.36. The monoisotopic (exact) mass is 496 g/mol. The van der Waals surface area contributed by atoms with Crippen molar-refractivity contribution in [2.45, 2.75) is 0 Å². The van der Waals surface area contributed by atoms with Crippen LogP contribution in [0.5, 0.6) is 11.5 Å². The van der Waals surface area contributed by atoms with Gasteiger partial charge in [-0.15, -0.1) is 0 Å². The van der Waals surface area contributed by atoms with Gasteiger partial charge in [0.15, 0.2) is 23.9 Å². The van der Waals surface area contributed by atoms with Gasteiger partial charge in [-0.05, 0) is 36.4 Å². The predicted octanol–water partition coefficient (Wildman–Crippen LogP) is 4.05. The number of halogens is 1. The summed E-state index contributed by atoms with van der Waals surface area (Å²) in [5, 5.41) is 13.6. The summed E-state index contributed by atoms with van der Waals surface area (Å²) in [4.78, 5) is 48.5. The first-order chi connectivity index (χ1) is 16.8. The summed E-state index contributed by atoms with van der Waals surface area (Å²) in [7, 11) is 0. The van der Waals surface area contributed by atoms with Gasteiger partial charge in [0.2, 0.25) is 0 Å². The molecule has 0 fully saturated rings. The molecule has 0 aromatic heterocycles. The number of nitro groups is 1. The summed E-state index contributed by atoms with van der Waals surface area (Å²) in [6.45, 7) is 0.0240. The number of hydrogen-bond acceptors (Lipinski definition) is 8. The molecule has 0 saturated heterocycles. The second-order valence-corrected chi connectivity index (χ2v) is 7.71. The number of anilines is 1. The first-order valence-electron chi connectivity index (χ1n) is 10.3. The van der Waals surface area contributed by atoms with E-state index in [0.29, 0.717) is 24.7 Å². The van der Waals surface area contributed by atoms with Gasteiger partial charge in [0.1, 0.15) is 18.9 Å². The molecule has 0 unspecified atom stereocenters. The van der Waals surface area contributed by atoms with Crippen molar-refractivity contribution < 1.29 is 33.5 Å². The molecule has 4 rings (SSSR count). The molecule has 0 radical (unpaired) electrons. The summed E-state index contributed by atoms with van der Waals surface area (Å²) < 4.78 is 16.0. The third-order valence-electron chi connectivity index (χ3n) is 4.96. The standard InChI is InChI=1S/C24H17ClN2O8/c25-15-6-7-19(27(31)32)18(12-15)26-22(28)13-35-24(30)17-4-2-1-3-16(17)23(29)14-5-8-20-21(11-14)34-10-9-33-20/h1-8,11-12H,9-10,13H2,(H,26,28). The molecular weight excluding hydrogens is 480 g/mol. The summed E-state index contributed by atoms with van der Waals surface area (Å²) in [5.74, 6) is -1.24. The Morgan fingerprint density at radius 3 is 2.43 bits per heavy atom. The number of fused-ring (bicyclic) bond motifs is 1. The lowest BCUT2D eigenvalue weighted by Gasteiger charge is -2.18. The van der Waals surface area contributed by atoms with Crippen LogP contribution in [-0.4, -0.2) is 42.4 Å². The lowest BCUT2D eigenvalue weighted by Crippen LogP contribution is -2.22. The van der Waals surface area contributed by atoms with Crippen molar-refractivity contribution >= 4 is 40.6 Å². The third-order valence-corrected chi connectivity index (χ3v) is 5.19. The van der Waals surface area contributed by atoms with E-state index in [1.54, 1.807) is 24.3 Å². The summed E-state index contributed by atoms with van der Waals surface area (Å²) in [5.41, 5.74) is -0.211. The largest absolute Gasteiger partial charge is 0.486 e. The van der Waals surface area contributed by atoms with Gasteiger partial charge < -0.3 is 19.5 Å². The first-order valence-corrected chi connectivity index (χ1v) is 10.7. The number of ether oxygens (including phenoxy) is 3. The van der Waals surface area contributed by atoms with E-state index in [0.717, 1.165) is 6.07 Å². The van der Waals surface area contributed by atoms with Crippen LogP contribution in [0.25, 0.3) is 0 Å². The van der Waals surface area contributed by atoms with Crippen LogP contribution in [0.4, 0.5) is 11.4 Å². The van der Waals surface area contributed by atoms with Crippen molar-refractivity contribution in [1.29, 1.82) is 0 Å². The van der Waals surface area contributed by atoms with E-state index in [9.17, 15) is 24.5 Å². The Bertz CT molecular complexity index is 1340. The molecule has 0 bridgehead atoms. The minimum atomic E-state index is -0.915. The molecule has 0 saturated carbocycles. The number of ketones is 1. The van der Waals surface area contributed by atoms with Crippen molar-refractivity contribution in [3.05, 3.63) is 92.5 Å². The molecule has 178 valence electrons. The average molecular weight is 497 g/mol. The van der Waals surface area contributed by atoms with Gasteiger partial charge in [0.05, 0.1) is 10.5 Å². The molecule has 1 aliphatic heterocycles. The molecule has 1 N–H and O–H groups in total. The van der Waals surface area contributed by atoms with E-state index in [2.05, 4.69) is 5.32 Å². The van der Waals surface area contributed by atoms with E-state index in [1.807, 2.05) is 0 Å². The SMILES string of the molecule is O=C(COC(=O)c1ccccc1C(=O)c1ccc2c(c1)OCCO2)Nc1cc(Cl)ccc1[N+](=O)[O-]. The van der Waals surface area contributed by atoms with Gasteiger partial charge in [-0.2, -0.15) is 0 Å². The number of amides is 1. The number of nitro benzene ring substituents is 1. The van der Waals surface area contributed by atoms with Gasteiger partial charge in [0, 0.05) is 22.2 Å². The number of esters is 1. The minimum Gasteiger partial charge on any atom is -0.486 e. The van der Waals surface area contributed by atoms with Crippen LogP contribution >= 0.6 is 11.6 Å². The molecule has 1 aliphatic rings. The van der Waals surface area contributed by atoms with Gasteiger partial charge in [-0.25, -0.2) is 4.79 Å². The highest BCUT2D eigenvalue weighted by Crippen LogP contribution is 2.32. The molecule has 1 heterocycles.